The van der Waals surface area contributed by atoms with Crippen molar-refractivity contribution >= 4 is 16.9 Å². The minimum absolute atomic E-state index is 0.289. The normalized spacial score (nSPS) is 9.56. The maximum Gasteiger partial charge on any atom is 0.296 e. The molecule has 0 fully saturated rings. The second kappa shape index (κ2) is 4.49. The molecular weight excluding hydrogens is 202 g/mol. The number of H-pyrrole nitrogens is 1. The number of nitrogens with zero attached hydrogens (tertiary/aromatic N) is 1. The molecule has 2 N–H and O–H groups in total. The first-order valence-corrected chi connectivity index (χ1v) is 4.94. The Labute approximate surface area is 93.1 Å². The first-order valence-electron chi connectivity index (χ1n) is 4.94. The van der Waals surface area contributed by atoms with Crippen LogP contribution in [0.25, 0.3) is 11.0 Å². The van der Waals surface area contributed by atoms with Crippen LogP contribution in [0.3, 0.4) is 0 Å². The lowest BCUT2D eigenvalue weighted by molar-refractivity contribution is -0.115. The first-order chi connectivity index (χ1) is 7.79. The van der Waals surface area contributed by atoms with Crippen molar-refractivity contribution in [2.75, 3.05) is 0 Å². The summed E-state index contributed by atoms with van der Waals surface area (Å²) in [6.07, 6.45) is 0. The molecule has 1 aromatic carbocycles. The maximum absolute atomic E-state index is 11.1. The number of hydrogen-bond donors (Lipinski definition) is 2. The average Bonchev–Trinajstić information content (AvgIpc) is 2.69. The summed E-state index contributed by atoms with van der Waals surface area (Å²) in [5.74, 6) is 5.39. The van der Waals surface area contributed by atoms with Gasteiger partial charge in [0.05, 0.1) is 17.6 Å². The van der Waals surface area contributed by atoms with Crippen molar-refractivity contribution < 1.29 is 4.79 Å². The molecule has 0 saturated carbocycles. The van der Waals surface area contributed by atoms with Gasteiger partial charge in [-0.1, -0.05) is 18.1 Å². The molecule has 4 heteroatoms. The molecular formula is C12H11N3O. The Balaban J connectivity index is 2.09. The summed E-state index contributed by atoms with van der Waals surface area (Å²) in [6, 6.07) is 7.72. The Morgan fingerprint density at radius 2 is 2.31 bits per heavy atom. The zero-order valence-corrected chi connectivity index (χ0v) is 8.87. The summed E-state index contributed by atoms with van der Waals surface area (Å²) < 4.78 is 0. The number of aromatic nitrogens is 2. The summed E-state index contributed by atoms with van der Waals surface area (Å²) in [6.45, 7) is 1.99. The lowest BCUT2D eigenvalue weighted by Crippen LogP contribution is -2.21. The SMILES string of the molecule is CC#CC(=O)NCc1nc2ccccc2[nH]1. The zero-order valence-electron chi connectivity index (χ0n) is 8.87. The second-order valence-electron chi connectivity index (χ2n) is 3.26. The highest BCUT2D eigenvalue weighted by Crippen LogP contribution is 2.09. The Hall–Kier alpha value is -2.28. The molecule has 0 saturated heterocycles. The number of amides is 1. The van der Waals surface area contributed by atoms with E-state index in [1.807, 2.05) is 24.3 Å². The molecule has 2 aromatic rings. The molecule has 1 aromatic heterocycles. The van der Waals surface area contributed by atoms with E-state index >= 15 is 0 Å². The van der Waals surface area contributed by atoms with Gasteiger partial charge in [0.1, 0.15) is 5.82 Å². The predicted molar refractivity (Wildman–Crippen MR) is 61.4 cm³/mol. The third-order valence-corrected chi connectivity index (χ3v) is 2.09. The number of benzene rings is 1. The molecule has 0 bridgehead atoms. The second-order valence-corrected chi connectivity index (χ2v) is 3.26. The van der Waals surface area contributed by atoms with Gasteiger partial charge in [-0.25, -0.2) is 4.98 Å². The molecule has 2 rings (SSSR count). The highest BCUT2D eigenvalue weighted by atomic mass is 16.1. The lowest BCUT2D eigenvalue weighted by atomic mass is 10.3. The monoisotopic (exact) mass is 213 g/mol. The number of para-hydroxylation sites is 2. The number of aromatic amines is 1. The van der Waals surface area contributed by atoms with E-state index in [0.29, 0.717) is 6.54 Å². The third-order valence-electron chi connectivity index (χ3n) is 2.09. The van der Waals surface area contributed by atoms with Crippen LogP contribution >= 0.6 is 0 Å². The van der Waals surface area contributed by atoms with Gasteiger partial charge < -0.3 is 10.3 Å². The molecule has 0 aliphatic heterocycles. The average molecular weight is 213 g/mol. The number of carbonyl (C=O) groups is 1. The number of carbonyl (C=O) groups excluding carboxylic acids is 1. The molecule has 0 aliphatic rings. The van der Waals surface area contributed by atoms with E-state index in [1.54, 1.807) is 6.92 Å². The molecule has 0 radical (unpaired) electrons. The fraction of sp³-hybridized carbons (Fsp3) is 0.167. The summed E-state index contributed by atoms with van der Waals surface area (Å²) >= 11 is 0. The Morgan fingerprint density at radius 3 is 3.06 bits per heavy atom. The van der Waals surface area contributed by atoms with Crippen LogP contribution in [-0.4, -0.2) is 15.9 Å². The van der Waals surface area contributed by atoms with Crippen molar-refractivity contribution in [2.24, 2.45) is 0 Å². The van der Waals surface area contributed by atoms with Gasteiger partial charge in [-0.2, -0.15) is 0 Å². The molecule has 0 atom stereocenters. The van der Waals surface area contributed by atoms with Gasteiger partial charge in [0, 0.05) is 0 Å². The summed E-state index contributed by atoms with van der Waals surface area (Å²) in [5, 5.41) is 2.65. The van der Waals surface area contributed by atoms with Crippen LogP contribution < -0.4 is 5.32 Å². The van der Waals surface area contributed by atoms with Crippen molar-refractivity contribution in [2.45, 2.75) is 13.5 Å². The van der Waals surface area contributed by atoms with Gasteiger partial charge in [-0.05, 0) is 25.0 Å². The molecule has 0 unspecified atom stereocenters. The third kappa shape index (κ3) is 2.20. The quantitative estimate of drug-likeness (QED) is 0.736. The van der Waals surface area contributed by atoms with Crippen molar-refractivity contribution in [1.29, 1.82) is 0 Å². The summed E-state index contributed by atoms with van der Waals surface area (Å²) in [7, 11) is 0. The highest BCUT2D eigenvalue weighted by Gasteiger charge is 2.02. The van der Waals surface area contributed by atoms with E-state index in [0.717, 1.165) is 16.9 Å². The molecule has 80 valence electrons. The van der Waals surface area contributed by atoms with Crippen molar-refractivity contribution in [3.05, 3.63) is 30.1 Å². The molecule has 0 aliphatic carbocycles. The zero-order chi connectivity index (χ0) is 11.4. The predicted octanol–water partition coefficient (Wildman–Crippen LogP) is 1.20. The van der Waals surface area contributed by atoms with Crippen molar-refractivity contribution in [3.8, 4) is 11.8 Å². The van der Waals surface area contributed by atoms with Crippen LogP contribution in [-0.2, 0) is 11.3 Å². The fourth-order valence-electron chi connectivity index (χ4n) is 1.41. The van der Waals surface area contributed by atoms with E-state index in [9.17, 15) is 4.79 Å². The standard InChI is InChI=1S/C12H11N3O/c1-2-5-12(16)13-8-11-14-9-6-3-4-7-10(9)15-11/h3-4,6-7H,8H2,1H3,(H,13,16)(H,14,15). The minimum Gasteiger partial charge on any atom is -0.340 e. The topological polar surface area (TPSA) is 57.8 Å². The Kier molecular flexibility index (Phi) is 2.88. The number of imidazole rings is 1. The summed E-state index contributed by atoms with van der Waals surface area (Å²) in [5.41, 5.74) is 1.86. The molecule has 0 spiro atoms. The van der Waals surface area contributed by atoms with Crippen LogP contribution in [0.2, 0.25) is 0 Å². The van der Waals surface area contributed by atoms with Gasteiger partial charge >= 0.3 is 0 Å². The first kappa shape index (κ1) is 10.2. The smallest absolute Gasteiger partial charge is 0.296 e. The van der Waals surface area contributed by atoms with Gasteiger partial charge in [0.25, 0.3) is 5.91 Å². The Morgan fingerprint density at radius 1 is 1.50 bits per heavy atom. The van der Waals surface area contributed by atoms with Gasteiger partial charge in [0.2, 0.25) is 0 Å². The van der Waals surface area contributed by atoms with Gasteiger partial charge in [-0.15, -0.1) is 0 Å². The van der Waals surface area contributed by atoms with Crippen LogP contribution in [0.5, 0.6) is 0 Å². The van der Waals surface area contributed by atoms with Gasteiger partial charge in [-0.3, -0.25) is 4.79 Å². The van der Waals surface area contributed by atoms with Crippen molar-refractivity contribution in [1.82, 2.24) is 15.3 Å². The largest absolute Gasteiger partial charge is 0.340 e. The number of rotatable bonds is 2. The molecule has 4 nitrogen and oxygen atoms in total. The van der Waals surface area contributed by atoms with Crippen LogP contribution in [0, 0.1) is 11.8 Å². The van der Waals surface area contributed by atoms with E-state index in [2.05, 4.69) is 27.1 Å². The van der Waals surface area contributed by atoms with E-state index < -0.39 is 0 Å². The van der Waals surface area contributed by atoms with Gasteiger partial charge in [0.15, 0.2) is 0 Å². The van der Waals surface area contributed by atoms with Crippen LogP contribution in [0.1, 0.15) is 12.7 Å². The lowest BCUT2D eigenvalue weighted by Gasteiger charge is -1.95. The molecule has 1 amide bonds. The Bertz CT molecular complexity index is 541. The number of nitrogens with one attached hydrogen (secondary N) is 2. The van der Waals surface area contributed by atoms with E-state index in [-0.39, 0.29) is 5.91 Å². The van der Waals surface area contributed by atoms with Crippen molar-refractivity contribution in [3.63, 3.8) is 0 Å². The summed E-state index contributed by atoms with van der Waals surface area (Å²) in [4.78, 5) is 18.6. The van der Waals surface area contributed by atoms with Crippen LogP contribution in [0.15, 0.2) is 24.3 Å². The molecule has 1 heterocycles. The fourth-order valence-corrected chi connectivity index (χ4v) is 1.41. The number of hydrogen-bond acceptors (Lipinski definition) is 2. The maximum atomic E-state index is 11.1. The van der Waals surface area contributed by atoms with Crippen LogP contribution in [0.4, 0.5) is 0 Å². The van der Waals surface area contributed by atoms with E-state index in [4.69, 9.17) is 0 Å². The highest BCUT2D eigenvalue weighted by molar-refractivity contribution is 5.93. The van der Waals surface area contributed by atoms with E-state index in [1.165, 1.54) is 0 Å². The molecule has 16 heavy (non-hydrogen) atoms. The minimum atomic E-state index is -0.289. The number of fused-ring (bicyclic) bond motifs is 1.